The highest BCUT2D eigenvalue weighted by Crippen LogP contribution is 2.33. The maximum atomic E-state index is 10.7. The van der Waals surface area contributed by atoms with Crippen LogP contribution in [0, 0.1) is 10.1 Å². The lowest BCUT2D eigenvalue weighted by atomic mass is 10.3. The van der Waals surface area contributed by atoms with Crippen LogP contribution in [0.4, 0.5) is 5.69 Å². The quantitative estimate of drug-likeness (QED) is 0.348. The summed E-state index contributed by atoms with van der Waals surface area (Å²) in [4.78, 5) is 10.2. The molecule has 0 aliphatic carbocycles. The predicted octanol–water partition coefficient (Wildman–Crippen LogP) is 3.76. The van der Waals surface area contributed by atoms with Gasteiger partial charge < -0.3 is 4.74 Å². The van der Waals surface area contributed by atoms with E-state index < -0.39 is 4.92 Å². The molecular weight excluding hydrogens is 297 g/mol. The number of ether oxygens (including phenoxy) is 1. The van der Waals surface area contributed by atoms with Gasteiger partial charge in [-0.2, -0.15) is 0 Å². The first-order valence-corrected chi connectivity index (χ1v) is 6.11. The first kappa shape index (κ1) is 13.3. The molecular formula is C10H11BrClNO3. The van der Waals surface area contributed by atoms with Gasteiger partial charge in [-0.1, -0.05) is 6.07 Å². The van der Waals surface area contributed by atoms with E-state index in [1.807, 2.05) is 0 Å². The molecule has 0 bridgehead atoms. The molecule has 4 nitrogen and oxygen atoms in total. The van der Waals surface area contributed by atoms with Crippen molar-refractivity contribution < 1.29 is 9.66 Å². The van der Waals surface area contributed by atoms with E-state index in [0.717, 1.165) is 12.8 Å². The molecule has 1 aromatic carbocycles. The average molecular weight is 309 g/mol. The van der Waals surface area contributed by atoms with E-state index in [-0.39, 0.29) is 5.69 Å². The molecule has 0 fully saturated rings. The zero-order chi connectivity index (χ0) is 12.0. The molecule has 0 N–H and O–H groups in total. The van der Waals surface area contributed by atoms with Gasteiger partial charge >= 0.3 is 0 Å². The standard InChI is InChI=1S/C10H11BrClNO3/c11-10-8(13(14)15)4-3-5-9(10)16-7-2-1-6-12/h3-5H,1-2,6-7H2. The van der Waals surface area contributed by atoms with Crippen molar-refractivity contribution in [2.45, 2.75) is 12.8 Å². The summed E-state index contributed by atoms with van der Waals surface area (Å²) < 4.78 is 5.80. The molecule has 0 aliphatic heterocycles. The van der Waals surface area contributed by atoms with Crippen molar-refractivity contribution in [1.29, 1.82) is 0 Å². The summed E-state index contributed by atoms with van der Waals surface area (Å²) in [5.74, 6) is 1.09. The van der Waals surface area contributed by atoms with E-state index >= 15 is 0 Å². The van der Waals surface area contributed by atoms with Crippen LogP contribution in [0.15, 0.2) is 22.7 Å². The molecule has 88 valence electrons. The summed E-state index contributed by atoms with van der Waals surface area (Å²) in [7, 11) is 0. The minimum atomic E-state index is -0.449. The second-order valence-corrected chi connectivity index (χ2v) is 4.26. The molecule has 0 aliphatic rings. The fraction of sp³-hybridized carbons (Fsp3) is 0.400. The topological polar surface area (TPSA) is 52.4 Å². The smallest absolute Gasteiger partial charge is 0.287 e. The highest BCUT2D eigenvalue weighted by molar-refractivity contribution is 9.10. The second-order valence-electron chi connectivity index (χ2n) is 3.09. The summed E-state index contributed by atoms with van der Waals surface area (Å²) in [5, 5.41) is 10.7. The van der Waals surface area contributed by atoms with E-state index in [4.69, 9.17) is 16.3 Å². The molecule has 0 unspecified atom stereocenters. The van der Waals surface area contributed by atoms with E-state index in [0.29, 0.717) is 22.7 Å². The van der Waals surface area contributed by atoms with Gasteiger partial charge in [0.2, 0.25) is 0 Å². The number of nitrogens with zero attached hydrogens (tertiary/aromatic N) is 1. The van der Waals surface area contributed by atoms with Crippen LogP contribution in [0.2, 0.25) is 0 Å². The maximum Gasteiger partial charge on any atom is 0.287 e. The number of nitro groups is 1. The largest absolute Gasteiger partial charge is 0.492 e. The third-order valence-corrected chi connectivity index (χ3v) is 2.99. The van der Waals surface area contributed by atoms with E-state index in [2.05, 4.69) is 15.9 Å². The maximum absolute atomic E-state index is 10.7. The van der Waals surface area contributed by atoms with Gasteiger partial charge in [-0.25, -0.2) is 0 Å². The number of halogens is 2. The Hall–Kier alpha value is -0.810. The molecule has 0 radical (unpaired) electrons. The monoisotopic (exact) mass is 307 g/mol. The second kappa shape index (κ2) is 6.70. The van der Waals surface area contributed by atoms with Crippen LogP contribution in [0.25, 0.3) is 0 Å². The zero-order valence-electron chi connectivity index (χ0n) is 8.49. The number of alkyl halides is 1. The first-order chi connectivity index (χ1) is 7.66. The van der Waals surface area contributed by atoms with Crippen LogP contribution in [-0.2, 0) is 0 Å². The zero-order valence-corrected chi connectivity index (χ0v) is 10.8. The summed E-state index contributed by atoms with van der Waals surface area (Å²) in [6.07, 6.45) is 1.70. The predicted molar refractivity (Wildman–Crippen MR) is 66.2 cm³/mol. The van der Waals surface area contributed by atoms with Gasteiger partial charge in [0.1, 0.15) is 10.2 Å². The van der Waals surface area contributed by atoms with Crippen LogP contribution >= 0.6 is 27.5 Å². The van der Waals surface area contributed by atoms with Crippen molar-refractivity contribution in [3.63, 3.8) is 0 Å². The Balaban J connectivity index is 2.66. The van der Waals surface area contributed by atoms with Crippen molar-refractivity contribution in [2.75, 3.05) is 12.5 Å². The first-order valence-electron chi connectivity index (χ1n) is 4.78. The Labute approximate surface area is 107 Å². The number of rotatable bonds is 6. The van der Waals surface area contributed by atoms with Crippen LogP contribution in [0.5, 0.6) is 5.75 Å². The Kier molecular flexibility index (Phi) is 5.55. The Morgan fingerprint density at radius 1 is 1.44 bits per heavy atom. The molecule has 0 spiro atoms. The Morgan fingerprint density at radius 2 is 2.19 bits per heavy atom. The highest BCUT2D eigenvalue weighted by atomic mass is 79.9. The van der Waals surface area contributed by atoms with E-state index in [1.54, 1.807) is 12.1 Å². The molecule has 0 saturated heterocycles. The van der Waals surface area contributed by atoms with Crippen molar-refractivity contribution in [2.24, 2.45) is 0 Å². The molecule has 16 heavy (non-hydrogen) atoms. The number of unbranched alkanes of at least 4 members (excludes halogenated alkanes) is 1. The molecule has 1 rings (SSSR count). The molecule has 0 heterocycles. The van der Waals surface area contributed by atoms with E-state index in [9.17, 15) is 10.1 Å². The molecule has 0 amide bonds. The van der Waals surface area contributed by atoms with Gasteiger partial charge in [0.25, 0.3) is 5.69 Å². The van der Waals surface area contributed by atoms with Gasteiger partial charge in [-0.3, -0.25) is 10.1 Å². The average Bonchev–Trinajstić information content (AvgIpc) is 2.26. The van der Waals surface area contributed by atoms with Crippen LogP contribution in [0.1, 0.15) is 12.8 Å². The Bertz CT molecular complexity index is 373. The summed E-state index contributed by atoms with van der Waals surface area (Å²) in [6.45, 7) is 0.506. The van der Waals surface area contributed by atoms with Crippen molar-refractivity contribution in [3.05, 3.63) is 32.8 Å². The van der Waals surface area contributed by atoms with Crippen LogP contribution in [0.3, 0.4) is 0 Å². The number of hydrogen-bond donors (Lipinski definition) is 0. The minimum absolute atomic E-state index is 0.00911. The summed E-state index contributed by atoms with van der Waals surface area (Å²) >= 11 is 8.69. The van der Waals surface area contributed by atoms with Crippen molar-refractivity contribution in [3.8, 4) is 5.75 Å². The molecule has 6 heteroatoms. The lowest BCUT2D eigenvalue weighted by Gasteiger charge is -2.07. The number of hydrogen-bond acceptors (Lipinski definition) is 3. The van der Waals surface area contributed by atoms with E-state index in [1.165, 1.54) is 6.07 Å². The third kappa shape index (κ3) is 3.64. The molecule has 0 aromatic heterocycles. The summed E-state index contributed by atoms with van der Waals surface area (Å²) in [6, 6.07) is 4.72. The van der Waals surface area contributed by atoms with Crippen molar-refractivity contribution >= 4 is 33.2 Å². The normalized spacial score (nSPS) is 10.1. The molecule has 0 atom stereocenters. The fourth-order valence-corrected chi connectivity index (χ4v) is 1.84. The van der Waals surface area contributed by atoms with Gasteiger partial charge in [0.05, 0.1) is 11.5 Å². The molecule has 0 saturated carbocycles. The van der Waals surface area contributed by atoms with Gasteiger partial charge in [-0.05, 0) is 34.8 Å². The van der Waals surface area contributed by atoms with Crippen LogP contribution < -0.4 is 4.74 Å². The lowest BCUT2D eigenvalue weighted by molar-refractivity contribution is -0.385. The molecule has 1 aromatic rings. The fourth-order valence-electron chi connectivity index (χ4n) is 1.13. The third-order valence-electron chi connectivity index (χ3n) is 1.93. The van der Waals surface area contributed by atoms with Crippen LogP contribution in [-0.4, -0.2) is 17.4 Å². The van der Waals surface area contributed by atoms with Gasteiger partial charge in [0, 0.05) is 11.9 Å². The Morgan fingerprint density at radius 3 is 2.81 bits per heavy atom. The van der Waals surface area contributed by atoms with Gasteiger partial charge in [0.15, 0.2) is 0 Å². The number of benzene rings is 1. The lowest BCUT2D eigenvalue weighted by Crippen LogP contribution is -1.99. The minimum Gasteiger partial charge on any atom is -0.492 e. The number of nitro benzene ring substituents is 1. The summed E-state index contributed by atoms with van der Waals surface area (Å²) in [5.41, 5.74) is 0.00911. The van der Waals surface area contributed by atoms with Crippen molar-refractivity contribution in [1.82, 2.24) is 0 Å². The SMILES string of the molecule is O=[N+]([O-])c1cccc(OCCCCCl)c1Br. The highest BCUT2D eigenvalue weighted by Gasteiger charge is 2.15. The van der Waals surface area contributed by atoms with Gasteiger partial charge in [-0.15, -0.1) is 11.6 Å².